The van der Waals surface area contributed by atoms with Gasteiger partial charge < -0.3 is 15.5 Å². The molecule has 0 saturated carbocycles. The van der Waals surface area contributed by atoms with E-state index >= 15 is 0 Å². The van der Waals surface area contributed by atoms with Crippen LogP contribution in [-0.2, 0) is 4.79 Å². The molecule has 1 heterocycles. The summed E-state index contributed by atoms with van der Waals surface area (Å²) in [5.74, 6) is 0.524. The third kappa shape index (κ3) is 4.31. The van der Waals surface area contributed by atoms with Gasteiger partial charge in [-0.15, -0.1) is 0 Å². The Labute approximate surface area is 132 Å². The number of amides is 2. The van der Waals surface area contributed by atoms with Crippen LogP contribution in [0.1, 0.15) is 36.5 Å². The molecule has 1 saturated heterocycles. The van der Waals surface area contributed by atoms with E-state index in [0.29, 0.717) is 23.6 Å². The maximum atomic E-state index is 12.6. The number of piperidine rings is 1. The quantitative estimate of drug-likeness (QED) is 0.876. The van der Waals surface area contributed by atoms with Crippen LogP contribution in [0.2, 0.25) is 0 Å². The van der Waals surface area contributed by atoms with Crippen molar-refractivity contribution in [2.45, 2.75) is 26.2 Å². The third-order valence-corrected chi connectivity index (χ3v) is 4.01. The SMILES string of the molecule is CCC(=O)Nc1cccc(C(=O)N2CCCC(CNC)C2)c1. The molecule has 0 aromatic heterocycles. The molecule has 1 aromatic carbocycles. The van der Waals surface area contributed by atoms with Crippen LogP contribution in [0.15, 0.2) is 24.3 Å². The number of nitrogens with zero attached hydrogens (tertiary/aromatic N) is 1. The minimum absolute atomic E-state index is 0.0448. The van der Waals surface area contributed by atoms with Gasteiger partial charge in [0.05, 0.1) is 0 Å². The van der Waals surface area contributed by atoms with Gasteiger partial charge in [-0.1, -0.05) is 13.0 Å². The van der Waals surface area contributed by atoms with Crippen LogP contribution < -0.4 is 10.6 Å². The van der Waals surface area contributed by atoms with E-state index in [-0.39, 0.29) is 11.8 Å². The minimum Gasteiger partial charge on any atom is -0.338 e. The highest BCUT2D eigenvalue weighted by atomic mass is 16.2. The topological polar surface area (TPSA) is 61.4 Å². The number of benzene rings is 1. The monoisotopic (exact) mass is 303 g/mol. The summed E-state index contributed by atoms with van der Waals surface area (Å²) in [7, 11) is 1.95. The van der Waals surface area contributed by atoms with E-state index in [1.54, 1.807) is 13.0 Å². The van der Waals surface area contributed by atoms with Gasteiger partial charge in [-0.25, -0.2) is 0 Å². The molecule has 0 aliphatic carbocycles. The number of carbonyl (C=O) groups is 2. The summed E-state index contributed by atoms with van der Waals surface area (Å²) in [5.41, 5.74) is 1.32. The van der Waals surface area contributed by atoms with E-state index in [1.807, 2.05) is 30.1 Å². The van der Waals surface area contributed by atoms with Crippen molar-refractivity contribution >= 4 is 17.5 Å². The first kappa shape index (κ1) is 16.5. The smallest absolute Gasteiger partial charge is 0.253 e. The third-order valence-electron chi connectivity index (χ3n) is 4.01. The first-order valence-corrected chi connectivity index (χ1v) is 7.97. The zero-order chi connectivity index (χ0) is 15.9. The molecule has 1 aliphatic heterocycles. The van der Waals surface area contributed by atoms with Crippen LogP contribution in [0.5, 0.6) is 0 Å². The van der Waals surface area contributed by atoms with E-state index in [4.69, 9.17) is 0 Å². The normalized spacial score (nSPS) is 18.1. The molecule has 22 heavy (non-hydrogen) atoms. The van der Waals surface area contributed by atoms with E-state index < -0.39 is 0 Å². The fourth-order valence-electron chi connectivity index (χ4n) is 2.87. The van der Waals surface area contributed by atoms with Crippen molar-refractivity contribution in [3.8, 4) is 0 Å². The molecule has 1 fully saturated rings. The standard InChI is InChI=1S/C17H25N3O2/c1-3-16(21)19-15-8-4-7-14(10-15)17(22)20-9-5-6-13(12-20)11-18-2/h4,7-8,10,13,18H,3,5-6,9,11-12H2,1-2H3,(H,19,21). The van der Waals surface area contributed by atoms with Gasteiger partial charge in [-0.3, -0.25) is 9.59 Å². The van der Waals surface area contributed by atoms with Gasteiger partial charge in [0.15, 0.2) is 0 Å². The molecule has 2 amide bonds. The van der Waals surface area contributed by atoms with Gasteiger partial charge in [-0.2, -0.15) is 0 Å². The Kier molecular flexibility index (Phi) is 5.95. The van der Waals surface area contributed by atoms with E-state index in [1.165, 1.54) is 0 Å². The lowest BCUT2D eigenvalue weighted by Crippen LogP contribution is -2.42. The summed E-state index contributed by atoms with van der Waals surface area (Å²) in [6.45, 7) is 4.35. The molecule has 1 atom stereocenters. The molecule has 2 N–H and O–H groups in total. The van der Waals surface area contributed by atoms with Crippen molar-refractivity contribution in [3.63, 3.8) is 0 Å². The number of hydrogen-bond acceptors (Lipinski definition) is 3. The Hall–Kier alpha value is -1.88. The molecule has 1 aromatic rings. The summed E-state index contributed by atoms with van der Waals surface area (Å²) in [6, 6.07) is 7.20. The average molecular weight is 303 g/mol. The fraction of sp³-hybridized carbons (Fsp3) is 0.529. The fourth-order valence-corrected chi connectivity index (χ4v) is 2.87. The molecular formula is C17H25N3O2. The Morgan fingerprint density at radius 1 is 1.36 bits per heavy atom. The Bertz CT molecular complexity index is 528. The van der Waals surface area contributed by atoms with Crippen molar-refractivity contribution in [1.82, 2.24) is 10.2 Å². The van der Waals surface area contributed by atoms with Crippen LogP contribution in [0.4, 0.5) is 5.69 Å². The summed E-state index contributed by atoms with van der Waals surface area (Å²) >= 11 is 0. The lowest BCUT2D eigenvalue weighted by atomic mass is 9.97. The highest BCUT2D eigenvalue weighted by Crippen LogP contribution is 2.19. The number of anilines is 1. The highest BCUT2D eigenvalue weighted by molar-refractivity contribution is 5.97. The number of nitrogens with one attached hydrogen (secondary N) is 2. The number of hydrogen-bond donors (Lipinski definition) is 2. The molecule has 5 nitrogen and oxygen atoms in total. The van der Waals surface area contributed by atoms with Crippen LogP contribution in [0.3, 0.4) is 0 Å². The van der Waals surface area contributed by atoms with Gasteiger partial charge in [0, 0.05) is 30.8 Å². The van der Waals surface area contributed by atoms with Gasteiger partial charge in [-0.05, 0) is 50.6 Å². The Balaban J connectivity index is 2.05. The average Bonchev–Trinajstić information content (AvgIpc) is 2.55. The van der Waals surface area contributed by atoms with E-state index in [2.05, 4.69) is 10.6 Å². The van der Waals surface area contributed by atoms with Crippen LogP contribution in [0.25, 0.3) is 0 Å². The summed E-state index contributed by atoms with van der Waals surface area (Å²) in [4.78, 5) is 26.0. The molecule has 1 aliphatic rings. The Morgan fingerprint density at radius 2 is 2.18 bits per heavy atom. The van der Waals surface area contributed by atoms with E-state index in [9.17, 15) is 9.59 Å². The van der Waals surface area contributed by atoms with Crippen molar-refractivity contribution < 1.29 is 9.59 Å². The van der Waals surface area contributed by atoms with Gasteiger partial charge in [0.2, 0.25) is 5.91 Å². The van der Waals surface area contributed by atoms with Crippen molar-refractivity contribution in [2.24, 2.45) is 5.92 Å². The van der Waals surface area contributed by atoms with Crippen LogP contribution in [-0.4, -0.2) is 43.4 Å². The van der Waals surface area contributed by atoms with Crippen LogP contribution >= 0.6 is 0 Å². The number of likely N-dealkylation sites (tertiary alicyclic amines) is 1. The number of carbonyl (C=O) groups excluding carboxylic acids is 2. The molecule has 5 heteroatoms. The minimum atomic E-state index is -0.0448. The maximum absolute atomic E-state index is 12.6. The Morgan fingerprint density at radius 3 is 2.91 bits per heavy atom. The lowest BCUT2D eigenvalue weighted by molar-refractivity contribution is -0.115. The second-order valence-electron chi connectivity index (χ2n) is 5.80. The van der Waals surface area contributed by atoms with Gasteiger partial charge in [0.1, 0.15) is 0 Å². The largest absolute Gasteiger partial charge is 0.338 e. The molecule has 0 spiro atoms. The summed E-state index contributed by atoms with van der Waals surface area (Å²) in [6.07, 6.45) is 2.64. The second kappa shape index (κ2) is 7.94. The first-order chi connectivity index (χ1) is 10.6. The number of rotatable bonds is 5. The molecule has 1 unspecified atom stereocenters. The van der Waals surface area contributed by atoms with E-state index in [0.717, 1.165) is 32.5 Å². The second-order valence-corrected chi connectivity index (χ2v) is 5.80. The maximum Gasteiger partial charge on any atom is 0.253 e. The first-order valence-electron chi connectivity index (χ1n) is 7.97. The molecular weight excluding hydrogens is 278 g/mol. The predicted molar refractivity (Wildman–Crippen MR) is 87.9 cm³/mol. The summed E-state index contributed by atoms with van der Waals surface area (Å²) < 4.78 is 0. The molecule has 2 rings (SSSR count). The molecule has 0 radical (unpaired) electrons. The predicted octanol–water partition coefficient (Wildman–Crippen LogP) is 2.11. The van der Waals surface area contributed by atoms with Gasteiger partial charge >= 0.3 is 0 Å². The highest BCUT2D eigenvalue weighted by Gasteiger charge is 2.24. The van der Waals surface area contributed by atoms with Crippen LogP contribution in [0, 0.1) is 5.92 Å². The summed E-state index contributed by atoms with van der Waals surface area (Å²) in [5, 5.41) is 5.99. The van der Waals surface area contributed by atoms with Crippen molar-refractivity contribution in [1.29, 1.82) is 0 Å². The zero-order valence-electron chi connectivity index (χ0n) is 13.4. The lowest BCUT2D eigenvalue weighted by Gasteiger charge is -2.32. The van der Waals surface area contributed by atoms with Crippen molar-refractivity contribution in [3.05, 3.63) is 29.8 Å². The van der Waals surface area contributed by atoms with Gasteiger partial charge in [0.25, 0.3) is 5.91 Å². The molecule has 0 bridgehead atoms. The molecule has 120 valence electrons. The zero-order valence-corrected chi connectivity index (χ0v) is 13.4. The van der Waals surface area contributed by atoms with Crippen molar-refractivity contribution in [2.75, 3.05) is 32.0 Å².